The first-order chi connectivity index (χ1) is 12.8. The zero-order valence-electron chi connectivity index (χ0n) is 14.1. The van der Waals surface area contributed by atoms with E-state index in [-0.39, 0.29) is 39.8 Å². The van der Waals surface area contributed by atoms with Gasteiger partial charge in [0.1, 0.15) is 10.7 Å². The summed E-state index contributed by atoms with van der Waals surface area (Å²) in [5, 5.41) is 2.90. The average molecular weight is 412 g/mol. The summed E-state index contributed by atoms with van der Waals surface area (Å²) < 4.78 is 39.5. The smallest absolute Gasteiger partial charge is 0.260 e. The Bertz CT molecular complexity index is 951. The van der Waals surface area contributed by atoms with Gasteiger partial charge < -0.3 is 11.1 Å². The quantitative estimate of drug-likeness (QED) is 0.769. The minimum Gasteiger partial charge on any atom is -0.365 e. The van der Waals surface area contributed by atoms with Crippen molar-refractivity contribution in [2.75, 3.05) is 18.4 Å². The molecule has 2 heterocycles. The third kappa shape index (κ3) is 4.31. The number of benzene rings is 1. The molecule has 3 N–H and O–H groups in total. The van der Waals surface area contributed by atoms with Crippen LogP contribution in [0.3, 0.4) is 0 Å². The van der Waals surface area contributed by atoms with Crippen molar-refractivity contribution < 1.29 is 22.4 Å². The molecule has 8 nitrogen and oxygen atoms in total. The summed E-state index contributed by atoms with van der Waals surface area (Å²) in [6.07, 6.45) is 1.99. The number of thiazole rings is 1. The van der Waals surface area contributed by atoms with Crippen molar-refractivity contribution in [1.29, 1.82) is 0 Å². The predicted molar refractivity (Wildman–Crippen MR) is 97.1 cm³/mol. The van der Waals surface area contributed by atoms with E-state index in [0.717, 1.165) is 23.5 Å². The van der Waals surface area contributed by atoms with Gasteiger partial charge in [-0.2, -0.15) is 4.31 Å². The summed E-state index contributed by atoms with van der Waals surface area (Å²) >= 11 is 0.982. The average Bonchev–Trinajstić information content (AvgIpc) is 3.11. The molecule has 3 rings (SSSR count). The highest BCUT2D eigenvalue weighted by molar-refractivity contribution is 7.89. The lowest BCUT2D eigenvalue weighted by Gasteiger charge is -2.30. The van der Waals surface area contributed by atoms with Crippen molar-refractivity contribution >= 4 is 38.3 Å². The van der Waals surface area contributed by atoms with Crippen LogP contribution >= 0.6 is 11.3 Å². The standard InChI is InChI=1S/C16H17FN4O4S2/c17-11-1-3-12(4-2-11)27(24,25)21-7-5-10(6-8-21)15(23)20-16-19-9-13(26-16)14(18)22/h1-4,9-10H,5-8H2,(H2,18,22)(H,19,20,23). The number of carbonyl (C=O) groups excluding carboxylic acids is 2. The number of hydrogen-bond donors (Lipinski definition) is 2. The Morgan fingerprint density at radius 3 is 2.41 bits per heavy atom. The number of piperidine rings is 1. The van der Waals surface area contributed by atoms with E-state index in [9.17, 15) is 22.4 Å². The van der Waals surface area contributed by atoms with E-state index in [0.29, 0.717) is 12.8 Å². The highest BCUT2D eigenvalue weighted by Crippen LogP contribution is 2.26. The third-order valence-electron chi connectivity index (χ3n) is 4.25. The molecule has 1 saturated heterocycles. The van der Waals surface area contributed by atoms with Crippen molar-refractivity contribution in [2.24, 2.45) is 11.7 Å². The molecule has 0 bridgehead atoms. The van der Waals surface area contributed by atoms with Crippen LogP contribution in [-0.4, -0.2) is 42.6 Å². The lowest BCUT2D eigenvalue weighted by atomic mass is 9.97. The first-order valence-corrected chi connectivity index (χ1v) is 10.4. The summed E-state index contributed by atoms with van der Waals surface area (Å²) in [5.41, 5.74) is 5.15. The number of carbonyl (C=O) groups is 2. The molecule has 0 spiro atoms. The second-order valence-corrected chi connectivity index (χ2v) is 8.98. The molecular formula is C16H17FN4O4S2. The van der Waals surface area contributed by atoms with Gasteiger partial charge in [-0.1, -0.05) is 11.3 Å². The van der Waals surface area contributed by atoms with Crippen molar-refractivity contribution in [3.63, 3.8) is 0 Å². The highest BCUT2D eigenvalue weighted by Gasteiger charge is 2.32. The fourth-order valence-electron chi connectivity index (χ4n) is 2.77. The van der Waals surface area contributed by atoms with Crippen LogP contribution in [0.1, 0.15) is 22.5 Å². The van der Waals surface area contributed by atoms with Gasteiger partial charge in [-0.15, -0.1) is 0 Å². The Balaban J connectivity index is 1.60. The molecule has 0 saturated carbocycles. The summed E-state index contributed by atoms with van der Waals surface area (Å²) in [4.78, 5) is 27.6. The van der Waals surface area contributed by atoms with Crippen LogP contribution < -0.4 is 11.1 Å². The number of halogens is 1. The largest absolute Gasteiger partial charge is 0.365 e. The third-order valence-corrected chi connectivity index (χ3v) is 7.09. The molecule has 0 unspecified atom stereocenters. The maximum Gasteiger partial charge on any atom is 0.260 e. The maximum absolute atomic E-state index is 13.0. The van der Waals surface area contributed by atoms with Crippen LogP contribution in [0.25, 0.3) is 0 Å². The van der Waals surface area contributed by atoms with E-state index in [2.05, 4.69) is 10.3 Å². The summed E-state index contributed by atoms with van der Waals surface area (Å²) in [6.45, 7) is 0.365. The Morgan fingerprint density at radius 2 is 1.85 bits per heavy atom. The molecule has 1 fully saturated rings. The number of anilines is 1. The van der Waals surface area contributed by atoms with Gasteiger partial charge in [-0.25, -0.2) is 17.8 Å². The zero-order chi connectivity index (χ0) is 19.6. The molecular weight excluding hydrogens is 395 g/mol. The number of primary amides is 1. The van der Waals surface area contributed by atoms with Crippen LogP contribution in [0, 0.1) is 11.7 Å². The van der Waals surface area contributed by atoms with Crippen LogP contribution in [0.15, 0.2) is 35.4 Å². The van der Waals surface area contributed by atoms with Crippen LogP contribution in [0.5, 0.6) is 0 Å². The van der Waals surface area contributed by atoms with Crippen molar-refractivity contribution in [1.82, 2.24) is 9.29 Å². The monoisotopic (exact) mass is 412 g/mol. The van der Waals surface area contributed by atoms with Crippen molar-refractivity contribution in [3.05, 3.63) is 41.2 Å². The van der Waals surface area contributed by atoms with Crippen molar-refractivity contribution in [2.45, 2.75) is 17.7 Å². The lowest BCUT2D eigenvalue weighted by molar-refractivity contribution is -0.120. The first-order valence-electron chi connectivity index (χ1n) is 8.09. The normalized spacial score (nSPS) is 16.2. The molecule has 144 valence electrons. The second-order valence-electron chi connectivity index (χ2n) is 6.02. The van der Waals surface area contributed by atoms with E-state index in [4.69, 9.17) is 5.73 Å². The summed E-state index contributed by atoms with van der Waals surface area (Å²) in [5.74, 6) is -1.77. The molecule has 1 aliphatic heterocycles. The van der Waals surface area contributed by atoms with Gasteiger partial charge in [0.15, 0.2) is 5.13 Å². The Morgan fingerprint density at radius 1 is 1.22 bits per heavy atom. The van der Waals surface area contributed by atoms with Gasteiger partial charge in [-0.3, -0.25) is 9.59 Å². The van der Waals surface area contributed by atoms with Crippen LogP contribution in [0.2, 0.25) is 0 Å². The summed E-state index contributed by atoms with van der Waals surface area (Å²) in [7, 11) is -3.72. The molecule has 27 heavy (non-hydrogen) atoms. The Labute approximate surface area is 159 Å². The number of nitrogens with zero attached hydrogens (tertiary/aromatic N) is 2. The number of amides is 2. The fraction of sp³-hybridized carbons (Fsp3) is 0.312. The van der Waals surface area contributed by atoms with E-state index in [1.807, 2.05) is 0 Å². The lowest BCUT2D eigenvalue weighted by Crippen LogP contribution is -2.41. The number of rotatable bonds is 5. The second kappa shape index (κ2) is 7.71. The van der Waals surface area contributed by atoms with E-state index in [1.165, 1.54) is 22.6 Å². The molecule has 0 aliphatic carbocycles. The number of hydrogen-bond acceptors (Lipinski definition) is 6. The first kappa shape index (κ1) is 19.4. The predicted octanol–water partition coefficient (Wildman–Crippen LogP) is 1.42. The van der Waals surface area contributed by atoms with Gasteiger partial charge in [-0.05, 0) is 37.1 Å². The SMILES string of the molecule is NC(=O)c1cnc(NC(=O)C2CCN(S(=O)(=O)c3ccc(F)cc3)CC2)s1. The molecule has 11 heteroatoms. The molecule has 1 aromatic heterocycles. The molecule has 0 atom stereocenters. The van der Waals surface area contributed by atoms with Gasteiger partial charge in [0.05, 0.1) is 11.1 Å². The van der Waals surface area contributed by atoms with Gasteiger partial charge in [0.2, 0.25) is 15.9 Å². The minimum absolute atomic E-state index is 0.0218. The van der Waals surface area contributed by atoms with Crippen LogP contribution in [-0.2, 0) is 14.8 Å². The van der Waals surface area contributed by atoms with E-state index < -0.39 is 21.7 Å². The van der Waals surface area contributed by atoms with Crippen LogP contribution in [0.4, 0.5) is 9.52 Å². The Kier molecular flexibility index (Phi) is 5.53. The number of aromatic nitrogens is 1. The minimum atomic E-state index is -3.72. The van der Waals surface area contributed by atoms with Gasteiger partial charge in [0.25, 0.3) is 5.91 Å². The molecule has 1 aromatic carbocycles. The molecule has 1 aliphatic rings. The topological polar surface area (TPSA) is 122 Å². The van der Waals surface area contributed by atoms with E-state index >= 15 is 0 Å². The number of sulfonamides is 1. The maximum atomic E-state index is 13.0. The van der Waals surface area contributed by atoms with Gasteiger partial charge >= 0.3 is 0 Å². The number of nitrogens with one attached hydrogen (secondary N) is 1. The van der Waals surface area contributed by atoms with Crippen molar-refractivity contribution in [3.8, 4) is 0 Å². The molecule has 2 amide bonds. The fourth-order valence-corrected chi connectivity index (χ4v) is 4.91. The van der Waals surface area contributed by atoms with Gasteiger partial charge in [0, 0.05) is 19.0 Å². The zero-order valence-corrected chi connectivity index (χ0v) is 15.7. The summed E-state index contributed by atoms with van der Waals surface area (Å²) in [6, 6.07) is 4.65. The molecule has 2 aromatic rings. The highest BCUT2D eigenvalue weighted by atomic mass is 32.2. The Hall–Kier alpha value is -2.37. The van der Waals surface area contributed by atoms with E-state index in [1.54, 1.807) is 0 Å². The molecule has 0 radical (unpaired) electrons. The number of nitrogens with two attached hydrogens (primary N) is 1.